The van der Waals surface area contributed by atoms with E-state index < -0.39 is 0 Å². The van der Waals surface area contributed by atoms with Crippen molar-refractivity contribution in [3.63, 3.8) is 0 Å². The van der Waals surface area contributed by atoms with E-state index in [0.29, 0.717) is 0 Å². The van der Waals surface area contributed by atoms with Crippen LogP contribution in [0.4, 0.5) is 0 Å². The minimum Gasteiger partial charge on any atom is -0.320 e. The van der Waals surface area contributed by atoms with Crippen LogP contribution in [-0.4, -0.2) is 4.55 Å². The average Bonchev–Trinajstić information content (AvgIpc) is 1.37. The smallest absolute Gasteiger partial charge is 0.256 e. The summed E-state index contributed by atoms with van der Waals surface area (Å²) in [7, 11) is -0.279. The SMILES string of the molecule is O=PSO. The molecule has 0 unspecified atom stereocenters. The lowest BCUT2D eigenvalue weighted by Gasteiger charge is -1.50. The Morgan fingerprint density at radius 1 is 2.00 bits per heavy atom. The van der Waals surface area contributed by atoms with Crippen LogP contribution in [0.2, 0.25) is 0 Å². The van der Waals surface area contributed by atoms with Gasteiger partial charge in [-0.2, -0.15) is 0 Å². The van der Waals surface area contributed by atoms with E-state index in [9.17, 15) is 0 Å². The lowest BCUT2D eigenvalue weighted by atomic mass is 15.9. The second-order valence-electron chi connectivity index (χ2n) is 0.156. The van der Waals surface area contributed by atoms with E-state index in [4.69, 9.17) is 9.12 Å². The second kappa shape index (κ2) is 3.41. The van der Waals surface area contributed by atoms with Crippen molar-refractivity contribution in [3.05, 3.63) is 0 Å². The molecule has 0 aromatic rings. The first-order valence-electron chi connectivity index (χ1n) is 0.548. The maximum Gasteiger partial charge on any atom is 0.256 e. The third-order valence-electron chi connectivity index (χ3n) is 0.0333. The van der Waals surface area contributed by atoms with Crippen molar-refractivity contribution in [3.8, 4) is 0 Å². The van der Waals surface area contributed by atoms with Gasteiger partial charge in [-0.25, -0.2) is 0 Å². The van der Waals surface area contributed by atoms with E-state index in [2.05, 4.69) is 0 Å². The number of rotatable bonds is 1. The summed E-state index contributed by atoms with van der Waals surface area (Å²) in [5.41, 5.74) is 0. The van der Waals surface area contributed by atoms with Gasteiger partial charge in [-0.15, -0.1) is 0 Å². The first kappa shape index (κ1) is 4.41. The summed E-state index contributed by atoms with van der Waals surface area (Å²) < 4.78 is 16.5. The molecule has 0 saturated carbocycles. The van der Waals surface area contributed by atoms with Gasteiger partial charge >= 0.3 is 0 Å². The summed E-state index contributed by atoms with van der Waals surface area (Å²) in [6, 6.07) is 0. The standard InChI is InChI=1S/HO2PS/c1-3-4-2/h2H. The molecule has 0 aromatic carbocycles. The molecule has 0 atom stereocenters. The van der Waals surface area contributed by atoms with Crippen molar-refractivity contribution in [2.75, 3.05) is 0 Å². The molecule has 0 spiro atoms. The Kier molecular flexibility index (Phi) is 3.76. The largest absolute Gasteiger partial charge is 0.320 e. The zero-order valence-corrected chi connectivity index (χ0v) is 3.42. The number of hydrogen-bond donors (Lipinski definition) is 1. The van der Waals surface area contributed by atoms with Gasteiger partial charge in [-0.3, -0.25) is 4.57 Å². The molecule has 0 aromatic heterocycles. The molecule has 0 rings (SSSR count). The molecule has 0 aliphatic heterocycles. The summed E-state index contributed by atoms with van der Waals surface area (Å²) in [4.78, 5) is 0. The summed E-state index contributed by atoms with van der Waals surface area (Å²) in [5, 5.41) is 0. The Bertz CT molecular complexity index is 20.0. The van der Waals surface area contributed by atoms with E-state index in [1.807, 2.05) is 0 Å². The predicted octanol–water partition coefficient (Wildman–Crippen LogP) is 1.40. The molecule has 0 aliphatic carbocycles. The van der Waals surface area contributed by atoms with Crippen LogP contribution in [0.5, 0.6) is 0 Å². The van der Waals surface area contributed by atoms with Crippen molar-refractivity contribution in [2.45, 2.75) is 0 Å². The molecule has 2 nitrogen and oxygen atoms in total. The Balaban J connectivity index is 2.30. The van der Waals surface area contributed by atoms with Gasteiger partial charge in [-0.1, -0.05) is 0 Å². The highest BCUT2D eigenvalue weighted by molar-refractivity contribution is 8.42. The topological polar surface area (TPSA) is 37.3 Å². The van der Waals surface area contributed by atoms with E-state index >= 15 is 0 Å². The summed E-state index contributed by atoms with van der Waals surface area (Å²) in [6.45, 7) is 0. The van der Waals surface area contributed by atoms with Crippen molar-refractivity contribution in [1.82, 2.24) is 0 Å². The zero-order valence-electron chi connectivity index (χ0n) is 1.71. The Morgan fingerprint density at radius 2 is 2.25 bits per heavy atom. The first-order chi connectivity index (χ1) is 1.91. The van der Waals surface area contributed by atoms with Crippen molar-refractivity contribution in [1.29, 1.82) is 0 Å². The van der Waals surface area contributed by atoms with Crippen LogP contribution in [0.3, 0.4) is 0 Å². The van der Waals surface area contributed by atoms with Gasteiger partial charge in [0.2, 0.25) is 0 Å². The average molecular weight is 96.0 g/mol. The van der Waals surface area contributed by atoms with E-state index in [0.717, 1.165) is 0 Å². The normalized spacial score (nSPS) is 8.25. The monoisotopic (exact) mass is 95.9 g/mol. The summed E-state index contributed by atoms with van der Waals surface area (Å²) in [6.07, 6.45) is 0. The van der Waals surface area contributed by atoms with Gasteiger partial charge < -0.3 is 4.55 Å². The lowest BCUT2D eigenvalue weighted by molar-refractivity contribution is 0.602. The molecule has 0 fully saturated rings. The van der Waals surface area contributed by atoms with Gasteiger partial charge in [-0.05, 0) is 0 Å². The fraction of sp³-hybridized carbons (Fsp3) is 0. The number of hydrogen-bond acceptors (Lipinski definition) is 3. The highest BCUT2D eigenvalue weighted by Crippen LogP contribution is 2.08. The molecular formula is HO2PS. The van der Waals surface area contributed by atoms with Crippen molar-refractivity contribution in [2.24, 2.45) is 0 Å². The van der Waals surface area contributed by atoms with Crippen molar-refractivity contribution < 1.29 is 9.12 Å². The Morgan fingerprint density at radius 3 is 2.25 bits per heavy atom. The second-order valence-corrected chi connectivity index (χ2v) is 1.41. The van der Waals surface area contributed by atoms with Crippen LogP contribution in [0.25, 0.3) is 0 Å². The molecule has 0 heterocycles. The first-order valence-corrected chi connectivity index (χ1v) is 2.74. The molecule has 0 radical (unpaired) electrons. The molecule has 4 heteroatoms. The fourth-order valence-electron chi connectivity index (χ4n) is 0. The van der Waals surface area contributed by atoms with Gasteiger partial charge in [0.15, 0.2) is 0 Å². The Labute approximate surface area is 29.4 Å². The molecule has 0 bridgehead atoms. The maximum absolute atomic E-state index is 8.98. The van der Waals surface area contributed by atoms with Crippen molar-refractivity contribution >= 4 is 19.3 Å². The molecule has 24 valence electrons. The van der Waals surface area contributed by atoms with Gasteiger partial charge in [0, 0.05) is 0 Å². The Hall–Kier alpha value is 0.410. The van der Waals surface area contributed by atoms with Crippen LogP contribution in [0.1, 0.15) is 0 Å². The van der Waals surface area contributed by atoms with Crippen LogP contribution >= 0.6 is 19.3 Å². The lowest BCUT2D eigenvalue weighted by Crippen LogP contribution is -1.16. The minimum atomic E-state index is -0.279. The molecule has 0 saturated heterocycles. The van der Waals surface area contributed by atoms with E-state index in [1.54, 1.807) is 0 Å². The fourth-order valence-corrected chi connectivity index (χ4v) is 0. The highest BCUT2D eigenvalue weighted by atomic mass is 32.7. The van der Waals surface area contributed by atoms with Crippen LogP contribution in [0, 0.1) is 0 Å². The molecule has 1 N–H and O–H groups in total. The third kappa shape index (κ3) is 2.41. The summed E-state index contributed by atoms with van der Waals surface area (Å²) >= 11 is 0.273. The van der Waals surface area contributed by atoms with Gasteiger partial charge in [0.25, 0.3) is 7.66 Å². The van der Waals surface area contributed by atoms with E-state index in [1.165, 1.54) is 0 Å². The van der Waals surface area contributed by atoms with Crippen LogP contribution in [-0.2, 0) is 4.57 Å². The highest BCUT2D eigenvalue weighted by Gasteiger charge is 1.58. The van der Waals surface area contributed by atoms with Gasteiger partial charge in [0.1, 0.15) is 0 Å². The molecule has 0 amide bonds. The third-order valence-corrected chi connectivity index (χ3v) is 0.300. The summed E-state index contributed by atoms with van der Waals surface area (Å²) in [5.74, 6) is 0. The zero-order chi connectivity index (χ0) is 3.41. The predicted molar refractivity (Wildman–Crippen MR) is 17.8 cm³/mol. The van der Waals surface area contributed by atoms with Crippen LogP contribution < -0.4 is 0 Å². The molecule has 0 aliphatic rings. The van der Waals surface area contributed by atoms with Gasteiger partial charge in [0.05, 0.1) is 11.7 Å². The molecular weight excluding hydrogens is 95.0 g/mol. The minimum absolute atomic E-state index is 0.273. The van der Waals surface area contributed by atoms with E-state index in [-0.39, 0.29) is 19.3 Å². The van der Waals surface area contributed by atoms with Crippen LogP contribution in [0.15, 0.2) is 0 Å². The molecule has 4 heavy (non-hydrogen) atoms. The quantitative estimate of drug-likeness (QED) is 0.396. The maximum atomic E-state index is 8.98.